The van der Waals surface area contributed by atoms with Gasteiger partial charge in [0, 0.05) is 24.5 Å². The van der Waals surface area contributed by atoms with Crippen LogP contribution in [0.5, 0.6) is 0 Å². The molecule has 1 aromatic rings. The van der Waals surface area contributed by atoms with Crippen LogP contribution in [0.1, 0.15) is 19.2 Å². The van der Waals surface area contributed by atoms with Crippen molar-refractivity contribution in [3.8, 4) is 0 Å². The third-order valence-electron chi connectivity index (χ3n) is 2.07. The van der Waals surface area contributed by atoms with E-state index >= 15 is 0 Å². The van der Waals surface area contributed by atoms with Crippen LogP contribution in [-0.2, 0) is 16.3 Å². The molecule has 0 amide bonds. The maximum absolute atomic E-state index is 11.0. The number of hydrazine groups is 1. The van der Waals surface area contributed by atoms with Gasteiger partial charge in [0.15, 0.2) is 0 Å². The highest BCUT2D eigenvalue weighted by Crippen LogP contribution is 2.19. The molecule has 6 nitrogen and oxygen atoms in total. The Labute approximate surface area is 112 Å². The van der Waals surface area contributed by atoms with Crippen LogP contribution in [-0.4, -0.2) is 36.1 Å². The predicted octanol–water partition coefficient (Wildman–Crippen LogP) is 0.851. The van der Waals surface area contributed by atoms with Gasteiger partial charge in [-0.2, -0.15) is 0 Å². The van der Waals surface area contributed by atoms with Gasteiger partial charge < -0.3 is 5.43 Å². The molecule has 0 aliphatic carbocycles. The third-order valence-corrected chi connectivity index (χ3v) is 4.19. The second-order valence-corrected chi connectivity index (χ2v) is 7.26. The van der Waals surface area contributed by atoms with Gasteiger partial charge in [-0.25, -0.2) is 24.2 Å². The van der Waals surface area contributed by atoms with Crippen LogP contribution in [0, 0.1) is 0 Å². The number of nitrogen functional groups attached to an aromatic ring is 1. The maximum Gasteiger partial charge on any atom is 0.148 e. The zero-order valence-corrected chi connectivity index (χ0v) is 12.1. The van der Waals surface area contributed by atoms with E-state index in [-0.39, 0.29) is 5.75 Å². The molecule has 0 aliphatic rings. The van der Waals surface area contributed by atoms with Crippen molar-refractivity contribution in [2.75, 3.05) is 23.2 Å². The number of aryl methyl sites for hydroxylation is 1. The van der Waals surface area contributed by atoms with E-state index in [0.29, 0.717) is 11.6 Å². The highest BCUT2D eigenvalue weighted by molar-refractivity contribution is 8.00. The second-order valence-electron chi connectivity index (χ2n) is 3.88. The normalized spacial score (nSPS) is 11.5. The molecule has 0 bridgehead atoms. The van der Waals surface area contributed by atoms with E-state index in [2.05, 4.69) is 15.4 Å². The molecule has 0 spiro atoms. The number of sulfone groups is 1. The minimum absolute atomic E-state index is 0.135. The van der Waals surface area contributed by atoms with Crippen molar-refractivity contribution in [3.05, 3.63) is 11.9 Å². The van der Waals surface area contributed by atoms with Crippen LogP contribution in [0.2, 0.25) is 0 Å². The van der Waals surface area contributed by atoms with Crippen molar-refractivity contribution in [1.82, 2.24) is 9.97 Å². The number of nitrogens with one attached hydrogen (secondary N) is 1. The molecular formula is C10H18N4O2S2. The molecule has 102 valence electrons. The highest BCUT2D eigenvalue weighted by Gasteiger charge is 2.07. The van der Waals surface area contributed by atoms with Crippen molar-refractivity contribution in [2.24, 2.45) is 5.84 Å². The average Bonchev–Trinajstić information content (AvgIpc) is 2.27. The Morgan fingerprint density at radius 1 is 1.44 bits per heavy atom. The number of thioether (sulfide) groups is 1. The Bertz CT molecular complexity index is 491. The molecule has 1 aromatic heterocycles. The molecule has 0 saturated carbocycles. The summed E-state index contributed by atoms with van der Waals surface area (Å²) in [5.74, 6) is 7.22. The fourth-order valence-corrected chi connectivity index (χ4v) is 3.37. The lowest BCUT2D eigenvalue weighted by atomic mass is 10.3. The van der Waals surface area contributed by atoms with Gasteiger partial charge >= 0.3 is 0 Å². The predicted molar refractivity (Wildman–Crippen MR) is 74.3 cm³/mol. The molecule has 0 aliphatic heterocycles. The number of hydrogen-bond donors (Lipinski definition) is 2. The summed E-state index contributed by atoms with van der Waals surface area (Å²) in [6.45, 7) is 2.04. The maximum atomic E-state index is 11.0. The van der Waals surface area contributed by atoms with Crippen molar-refractivity contribution >= 4 is 27.4 Å². The summed E-state index contributed by atoms with van der Waals surface area (Å²) < 4.78 is 22.1. The first-order valence-corrected chi connectivity index (χ1v) is 8.64. The standard InChI is InChI=1S/C10H18N4O2S2/c1-3-4-8-12-9(14-11)7-10(13-8)17-5-6-18(2,15)16/h7H,3-6,11H2,1-2H3,(H,12,13,14). The largest absolute Gasteiger partial charge is 0.308 e. The Morgan fingerprint density at radius 2 is 2.17 bits per heavy atom. The molecule has 1 rings (SSSR count). The fourth-order valence-electron chi connectivity index (χ4n) is 1.25. The Kier molecular flexibility index (Phi) is 5.83. The van der Waals surface area contributed by atoms with E-state index in [0.717, 1.165) is 23.7 Å². The lowest BCUT2D eigenvalue weighted by Gasteiger charge is -2.06. The SMILES string of the molecule is CCCc1nc(NN)cc(SCCS(C)(=O)=O)n1. The average molecular weight is 290 g/mol. The lowest BCUT2D eigenvalue weighted by molar-refractivity contribution is 0.603. The van der Waals surface area contributed by atoms with Gasteiger partial charge in [-0.3, -0.25) is 0 Å². The van der Waals surface area contributed by atoms with Gasteiger partial charge in [0.25, 0.3) is 0 Å². The highest BCUT2D eigenvalue weighted by atomic mass is 32.2. The number of rotatable bonds is 7. The first kappa shape index (κ1) is 15.2. The van der Waals surface area contributed by atoms with E-state index in [9.17, 15) is 8.42 Å². The molecule has 18 heavy (non-hydrogen) atoms. The molecule has 0 unspecified atom stereocenters. The van der Waals surface area contributed by atoms with Crippen LogP contribution < -0.4 is 11.3 Å². The molecule has 0 atom stereocenters. The van der Waals surface area contributed by atoms with Crippen LogP contribution in [0.4, 0.5) is 5.82 Å². The molecule has 0 saturated heterocycles. The number of hydrogen-bond acceptors (Lipinski definition) is 7. The number of anilines is 1. The van der Waals surface area contributed by atoms with Crippen molar-refractivity contribution < 1.29 is 8.42 Å². The van der Waals surface area contributed by atoms with Crippen LogP contribution in [0.15, 0.2) is 11.1 Å². The monoisotopic (exact) mass is 290 g/mol. The Hall–Kier alpha value is -0.860. The van der Waals surface area contributed by atoms with E-state index in [4.69, 9.17) is 5.84 Å². The van der Waals surface area contributed by atoms with Crippen molar-refractivity contribution in [2.45, 2.75) is 24.8 Å². The zero-order chi connectivity index (χ0) is 13.6. The van der Waals surface area contributed by atoms with Crippen LogP contribution in [0.25, 0.3) is 0 Å². The van der Waals surface area contributed by atoms with E-state index in [1.807, 2.05) is 6.92 Å². The van der Waals surface area contributed by atoms with Crippen LogP contribution in [0.3, 0.4) is 0 Å². The van der Waals surface area contributed by atoms with Gasteiger partial charge in [0.1, 0.15) is 26.5 Å². The second kappa shape index (κ2) is 6.91. The number of aromatic nitrogens is 2. The zero-order valence-electron chi connectivity index (χ0n) is 10.5. The van der Waals surface area contributed by atoms with E-state index in [1.165, 1.54) is 18.0 Å². The molecule has 3 N–H and O–H groups in total. The van der Waals surface area contributed by atoms with Gasteiger partial charge in [-0.15, -0.1) is 11.8 Å². The summed E-state index contributed by atoms with van der Waals surface area (Å²) in [7, 11) is -2.93. The van der Waals surface area contributed by atoms with E-state index < -0.39 is 9.84 Å². The smallest absolute Gasteiger partial charge is 0.148 e. The molecular weight excluding hydrogens is 272 g/mol. The fraction of sp³-hybridized carbons (Fsp3) is 0.600. The van der Waals surface area contributed by atoms with Gasteiger partial charge in [-0.1, -0.05) is 6.92 Å². The summed E-state index contributed by atoms with van der Waals surface area (Å²) in [5, 5.41) is 0.741. The number of nitrogens with two attached hydrogens (primary N) is 1. The Morgan fingerprint density at radius 3 is 2.72 bits per heavy atom. The quantitative estimate of drug-likeness (QED) is 0.332. The van der Waals surface area contributed by atoms with Crippen molar-refractivity contribution in [3.63, 3.8) is 0 Å². The molecule has 0 fully saturated rings. The van der Waals surface area contributed by atoms with Crippen molar-refractivity contribution in [1.29, 1.82) is 0 Å². The molecule has 0 aromatic carbocycles. The minimum Gasteiger partial charge on any atom is -0.308 e. The van der Waals surface area contributed by atoms with E-state index in [1.54, 1.807) is 6.07 Å². The topological polar surface area (TPSA) is 98.0 Å². The van der Waals surface area contributed by atoms with Gasteiger partial charge in [-0.05, 0) is 6.42 Å². The first-order valence-electron chi connectivity index (χ1n) is 5.59. The minimum atomic E-state index is -2.93. The summed E-state index contributed by atoms with van der Waals surface area (Å²) in [5.41, 5.74) is 2.49. The summed E-state index contributed by atoms with van der Waals surface area (Å²) in [6.07, 6.45) is 2.94. The third kappa shape index (κ3) is 5.65. The number of nitrogens with zero attached hydrogens (tertiary/aromatic N) is 2. The Balaban J connectivity index is 2.72. The van der Waals surface area contributed by atoms with Crippen LogP contribution >= 0.6 is 11.8 Å². The summed E-state index contributed by atoms with van der Waals surface area (Å²) in [4.78, 5) is 8.57. The van der Waals surface area contributed by atoms with Gasteiger partial charge in [0.05, 0.1) is 5.75 Å². The summed E-state index contributed by atoms with van der Waals surface area (Å²) in [6, 6.07) is 1.71. The molecule has 8 heteroatoms. The van der Waals surface area contributed by atoms with Gasteiger partial charge in [0.2, 0.25) is 0 Å². The lowest BCUT2D eigenvalue weighted by Crippen LogP contribution is -2.11. The summed E-state index contributed by atoms with van der Waals surface area (Å²) >= 11 is 1.39. The molecule has 0 radical (unpaired) electrons. The molecule has 1 heterocycles. The first-order chi connectivity index (χ1) is 8.44.